The molecule has 1 aromatic rings. The molecule has 1 saturated heterocycles. The van der Waals surface area contributed by atoms with Crippen molar-refractivity contribution in [1.29, 1.82) is 0 Å². The van der Waals surface area contributed by atoms with Crippen molar-refractivity contribution in [3.05, 3.63) is 28.5 Å². The first-order chi connectivity index (χ1) is 10.1. The molecule has 0 bridgehead atoms. The predicted molar refractivity (Wildman–Crippen MR) is 90.2 cm³/mol. The maximum atomic E-state index is 4.32. The summed E-state index contributed by atoms with van der Waals surface area (Å²) in [6, 6.07) is 2.85. The van der Waals surface area contributed by atoms with Gasteiger partial charge in [-0.05, 0) is 59.7 Å². The number of hydrogen-bond acceptors (Lipinski definition) is 3. The lowest BCUT2D eigenvalue weighted by Crippen LogP contribution is -2.63. The molecule has 3 nitrogen and oxygen atoms in total. The number of hydrogen-bond donors (Lipinski definition) is 1. The van der Waals surface area contributed by atoms with Gasteiger partial charge in [-0.1, -0.05) is 13.3 Å². The van der Waals surface area contributed by atoms with Crippen molar-refractivity contribution < 1.29 is 0 Å². The van der Waals surface area contributed by atoms with E-state index < -0.39 is 0 Å². The first-order valence-corrected chi connectivity index (χ1v) is 8.98. The van der Waals surface area contributed by atoms with Crippen LogP contribution >= 0.6 is 15.9 Å². The highest BCUT2D eigenvalue weighted by atomic mass is 79.9. The summed E-state index contributed by atoms with van der Waals surface area (Å²) in [6.45, 7) is 8.00. The fraction of sp³-hybridized carbons (Fsp3) is 0.706. The van der Waals surface area contributed by atoms with Crippen molar-refractivity contribution in [3.63, 3.8) is 0 Å². The van der Waals surface area contributed by atoms with Crippen LogP contribution in [0.5, 0.6) is 0 Å². The van der Waals surface area contributed by atoms with E-state index in [1.165, 1.54) is 31.2 Å². The second kappa shape index (κ2) is 6.35. The number of aromatic nitrogens is 1. The average Bonchev–Trinajstić information content (AvgIpc) is 3.27. The van der Waals surface area contributed by atoms with Crippen molar-refractivity contribution in [3.8, 4) is 0 Å². The summed E-state index contributed by atoms with van der Waals surface area (Å²) in [5.41, 5.74) is 1.62. The first-order valence-electron chi connectivity index (χ1n) is 8.19. The van der Waals surface area contributed by atoms with Gasteiger partial charge in [0.1, 0.15) is 0 Å². The average molecular weight is 352 g/mol. The number of halogens is 1. The van der Waals surface area contributed by atoms with Gasteiger partial charge < -0.3 is 5.32 Å². The van der Waals surface area contributed by atoms with Crippen LogP contribution in [-0.4, -0.2) is 34.6 Å². The van der Waals surface area contributed by atoms with Gasteiger partial charge in [0.2, 0.25) is 0 Å². The lowest BCUT2D eigenvalue weighted by molar-refractivity contribution is 0.0638. The molecule has 116 valence electrons. The molecule has 2 fully saturated rings. The number of rotatable bonds is 5. The van der Waals surface area contributed by atoms with E-state index in [2.05, 4.69) is 51.0 Å². The molecule has 2 atom stereocenters. The van der Waals surface area contributed by atoms with E-state index in [9.17, 15) is 0 Å². The summed E-state index contributed by atoms with van der Waals surface area (Å²) >= 11 is 3.54. The van der Waals surface area contributed by atoms with Crippen LogP contribution in [0.2, 0.25) is 0 Å². The number of nitrogens with one attached hydrogen (secondary N) is 1. The fourth-order valence-corrected chi connectivity index (χ4v) is 4.07. The Kier molecular flexibility index (Phi) is 4.67. The minimum atomic E-state index is 0.309. The van der Waals surface area contributed by atoms with Gasteiger partial charge in [-0.25, -0.2) is 0 Å². The highest BCUT2D eigenvalue weighted by Crippen LogP contribution is 2.41. The minimum Gasteiger partial charge on any atom is -0.308 e. The van der Waals surface area contributed by atoms with Gasteiger partial charge in [-0.3, -0.25) is 9.88 Å². The van der Waals surface area contributed by atoms with Gasteiger partial charge in [-0.2, -0.15) is 0 Å². The van der Waals surface area contributed by atoms with Gasteiger partial charge in [0, 0.05) is 48.1 Å². The Labute approximate surface area is 136 Å². The summed E-state index contributed by atoms with van der Waals surface area (Å²) in [6.07, 6.45) is 9.18. The number of pyridine rings is 1. The van der Waals surface area contributed by atoms with Crippen molar-refractivity contribution in [2.45, 2.75) is 57.7 Å². The third kappa shape index (κ3) is 3.66. The maximum Gasteiger partial charge on any atom is 0.0410 e. The van der Waals surface area contributed by atoms with Crippen molar-refractivity contribution in [2.24, 2.45) is 5.92 Å². The molecule has 2 aliphatic rings. The SMILES string of the molecule is CCCC1CNC(C)(C2CC2)CN1Cc1cncc(Br)c1. The first kappa shape index (κ1) is 15.4. The molecule has 1 N–H and O–H groups in total. The van der Waals surface area contributed by atoms with Gasteiger partial charge in [-0.15, -0.1) is 0 Å². The fourth-order valence-electron chi connectivity index (χ4n) is 3.66. The van der Waals surface area contributed by atoms with Crippen molar-refractivity contribution in [2.75, 3.05) is 13.1 Å². The van der Waals surface area contributed by atoms with E-state index >= 15 is 0 Å². The van der Waals surface area contributed by atoms with Gasteiger partial charge in [0.15, 0.2) is 0 Å². The van der Waals surface area contributed by atoms with E-state index in [0.717, 1.165) is 30.0 Å². The second-order valence-corrected chi connectivity index (χ2v) is 7.85. The predicted octanol–water partition coefficient (Wildman–Crippen LogP) is 3.59. The molecule has 0 spiro atoms. The summed E-state index contributed by atoms with van der Waals surface area (Å²) in [5.74, 6) is 0.878. The zero-order valence-corrected chi connectivity index (χ0v) is 14.7. The molecular weight excluding hydrogens is 326 g/mol. The molecule has 21 heavy (non-hydrogen) atoms. The Morgan fingerprint density at radius 3 is 2.90 bits per heavy atom. The Hall–Kier alpha value is -0.450. The van der Waals surface area contributed by atoms with Crippen LogP contribution in [0.15, 0.2) is 22.9 Å². The molecule has 1 saturated carbocycles. The molecule has 0 aromatic carbocycles. The zero-order valence-electron chi connectivity index (χ0n) is 13.1. The van der Waals surface area contributed by atoms with Crippen LogP contribution in [0.1, 0.15) is 45.1 Å². The van der Waals surface area contributed by atoms with E-state index in [-0.39, 0.29) is 0 Å². The van der Waals surface area contributed by atoms with Crippen LogP contribution in [0, 0.1) is 5.92 Å². The second-order valence-electron chi connectivity index (χ2n) is 6.93. The van der Waals surface area contributed by atoms with Gasteiger partial charge >= 0.3 is 0 Å². The smallest absolute Gasteiger partial charge is 0.0410 e. The van der Waals surface area contributed by atoms with E-state index in [0.29, 0.717) is 11.6 Å². The van der Waals surface area contributed by atoms with Crippen LogP contribution in [-0.2, 0) is 6.54 Å². The highest BCUT2D eigenvalue weighted by molar-refractivity contribution is 9.10. The molecular formula is C17H26BrN3. The van der Waals surface area contributed by atoms with E-state index in [1.54, 1.807) is 0 Å². The number of nitrogens with zero attached hydrogens (tertiary/aromatic N) is 2. The van der Waals surface area contributed by atoms with Crippen LogP contribution in [0.4, 0.5) is 0 Å². The summed E-state index contributed by atoms with van der Waals surface area (Å²) in [7, 11) is 0. The molecule has 4 heteroatoms. The Morgan fingerprint density at radius 2 is 2.24 bits per heavy atom. The lowest BCUT2D eigenvalue weighted by atomic mass is 9.89. The van der Waals surface area contributed by atoms with Crippen LogP contribution in [0.25, 0.3) is 0 Å². The van der Waals surface area contributed by atoms with Crippen LogP contribution in [0.3, 0.4) is 0 Å². The largest absolute Gasteiger partial charge is 0.308 e. The normalized spacial score (nSPS) is 30.5. The van der Waals surface area contributed by atoms with Gasteiger partial charge in [0.05, 0.1) is 0 Å². The molecule has 1 aromatic heterocycles. The molecule has 2 unspecified atom stereocenters. The Balaban J connectivity index is 1.73. The highest BCUT2D eigenvalue weighted by Gasteiger charge is 2.45. The van der Waals surface area contributed by atoms with E-state index in [1.807, 2.05) is 12.4 Å². The van der Waals surface area contributed by atoms with Crippen molar-refractivity contribution >= 4 is 15.9 Å². The number of piperazine rings is 1. The topological polar surface area (TPSA) is 28.2 Å². The maximum absolute atomic E-state index is 4.32. The van der Waals surface area contributed by atoms with Crippen molar-refractivity contribution in [1.82, 2.24) is 15.2 Å². The third-order valence-electron chi connectivity index (χ3n) is 5.04. The standard InChI is InChI=1S/C17H26BrN3/c1-3-4-16-10-20-17(2,14-5-6-14)12-21(16)11-13-7-15(18)9-19-8-13/h7-9,14,16,20H,3-6,10-12H2,1-2H3. The van der Waals surface area contributed by atoms with Gasteiger partial charge in [0.25, 0.3) is 0 Å². The quantitative estimate of drug-likeness (QED) is 0.878. The molecule has 0 radical (unpaired) electrons. The molecule has 1 aliphatic carbocycles. The minimum absolute atomic E-state index is 0.309. The summed E-state index contributed by atoms with van der Waals surface area (Å²) in [5, 5.41) is 3.85. The summed E-state index contributed by atoms with van der Waals surface area (Å²) < 4.78 is 1.08. The third-order valence-corrected chi connectivity index (χ3v) is 5.47. The zero-order chi connectivity index (χ0) is 14.9. The molecule has 0 amide bonds. The van der Waals surface area contributed by atoms with E-state index in [4.69, 9.17) is 0 Å². The molecule has 2 heterocycles. The molecule has 1 aliphatic heterocycles. The molecule has 3 rings (SSSR count). The summed E-state index contributed by atoms with van der Waals surface area (Å²) in [4.78, 5) is 7.00. The Bertz CT molecular complexity index is 489. The monoisotopic (exact) mass is 351 g/mol. The Morgan fingerprint density at radius 1 is 1.43 bits per heavy atom. The lowest BCUT2D eigenvalue weighted by Gasteiger charge is -2.47. The van der Waals surface area contributed by atoms with Crippen LogP contribution < -0.4 is 5.32 Å².